The van der Waals surface area contributed by atoms with Gasteiger partial charge in [-0.05, 0) is 35.9 Å². The molecule has 0 aromatic heterocycles. The number of rotatable bonds is 7. The molecule has 0 saturated carbocycles. The Kier molecular flexibility index (Phi) is 6.86. The average molecular weight is 342 g/mol. The Bertz CT molecular complexity index is 758. The Morgan fingerprint density at radius 2 is 1.84 bits per heavy atom. The van der Waals surface area contributed by atoms with Crippen molar-refractivity contribution in [3.8, 4) is 0 Å². The zero-order valence-electron chi connectivity index (χ0n) is 13.8. The minimum atomic E-state index is -0.388. The number of ether oxygens (including phenoxy) is 1. The first kappa shape index (κ1) is 18.4. The maximum absolute atomic E-state index is 12.9. The van der Waals surface area contributed by atoms with Gasteiger partial charge in [-0.3, -0.25) is 9.59 Å². The minimum absolute atomic E-state index is 0.296. The fourth-order valence-electron chi connectivity index (χ4n) is 2.07. The smallest absolute Gasteiger partial charge is 0.253 e. The van der Waals surface area contributed by atoms with E-state index >= 15 is 0 Å². The van der Waals surface area contributed by atoms with Crippen molar-refractivity contribution in [3.63, 3.8) is 0 Å². The molecule has 0 aliphatic rings. The average Bonchev–Trinajstić information content (AvgIpc) is 2.62. The van der Waals surface area contributed by atoms with Crippen molar-refractivity contribution in [3.05, 3.63) is 71.6 Å². The lowest BCUT2D eigenvalue weighted by Crippen LogP contribution is -2.28. The van der Waals surface area contributed by atoms with Crippen LogP contribution in [0.5, 0.6) is 0 Å². The molecule has 0 aliphatic heterocycles. The van der Waals surface area contributed by atoms with E-state index in [1.165, 1.54) is 18.2 Å². The van der Waals surface area contributed by atoms with E-state index in [1.54, 1.807) is 49.6 Å². The maximum atomic E-state index is 12.9. The molecule has 2 N–H and O–H groups in total. The second kappa shape index (κ2) is 9.34. The summed E-state index contributed by atoms with van der Waals surface area (Å²) < 4.78 is 17.7. The second-order valence-electron chi connectivity index (χ2n) is 5.17. The SMILES string of the molecule is COCCNC(=O)c1ccccc1NC(=O)/C=C/c1ccc(F)cc1. The van der Waals surface area contributed by atoms with E-state index in [9.17, 15) is 14.0 Å². The predicted molar refractivity (Wildman–Crippen MR) is 94.7 cm³/mol. The van der Waals surface area contributed by atoms with Crippen molar-refractivity contribution >= 4 is 23.6 Å². The van der Waals surface area contributed by atoms with Crippen LogP contribution in [0, 0.1) is 5.82 Å². The molecule has 0 atom stereocenters. The summed E-state index contributed by atoms with van der Waals surface area (Å²) in [4.78, 5) is 24.2. The van der Waals surface area contributed by atoms with Gasteiger partial charge >= 0.3 is 0 Å². The number of methoxy groups -OCH3 is 1. The van der Waals surface area contributed by atoms with Crippen LogP contribution in [0.15, 0.2) is 54.6 Å². The van der Waals surface area contributed by atoms with E-state index < -0.39 is 0 Å². The molecule has 0 heterocycles. The number of hydrogen-bond donors (Lipinski definition) is 2. The van der Waals surface area contributed by atoms with E-state index in [-0.39, 0.29) is 17.6 Å². The first-order valence-corrected chi connectivity index (χ1v) is 7.71. The summed E-state index contributed by atoms with van der Waals surface area (Å²) >= 11 is 0. The largest absolute Gasteiger partial charge is 0.383 e. The van der Waals surface area contributed by atoms with E-state index in [2.05, 4.69) is 10.6 Å². The van der Waals surface area contributed by atoms with Gasteiger partial charge in [0, 0.05) is 19.7 Å². The van der Waals surface area contributed by atoms with Crippen LogP contribution in [0.25, 0.3) is 6.08 Å². The number of carbonyl (C=O) groups is 2. The van der Waals surface area contributed by atoms with Crippen LogP contribution in [0.3, 0.4) is 0 Å². The van der Waals surface area contributed by atoms with Crippen LogP contribution >= 0.6 is 0 Å². The first-order chi connectivity index (χ1) is 12.1. The van der Waals surface area contributed by atoms with E-state index in [0.29, 0.717) is 30.0 Å². The van der Waals surface area contributed by atoms with Crippen LogP contribution in [0.2, 0.25) is 0 Å². The van der Waals surface area contributed by atoms with Gasteiger partial charge in [-0.1, -0.05) is 24.3 Å². The van der Waals surface area contributed by atoms with Crippen LogP contribution in [0.1, 0.15) is 15.9 Å². The van der Waals surface area contributed by atoms with Crippen LogP contribution in [0.4, 0.5) is 10.1 Å². The molecule has 2 aromatic rings. The summed E-state index contributed by atoms with van der Waals surface area (Å²) in [6.07, 6.45) is 2.89. The van der Waals surface area contributed by atoms with Gasteiger partial charge in [0.15, 0.2) is 0 Å². The summed E-state index contributed by atoms with van der Waals surface area (Å²) in [6, 6.07) is 12.5. The third kappa shape index (κ3) is 5.86. The molecule has 2 rings (SSSR count). The number of halogens is 1. The highest BCUT2D eigenvalue weighted by Crippen LogP contribution is 2.15. The van der Waals surface area contributed by atoms with Gasteiger partial charge in [0.05, 0.1) is 17.9 Å². The molecule has 130 valence electrons. The number of nitrogens with one attached hydrogen (secondary N) is 2. The van der Waals surface area contributed by atoms with Crippen LogP contribution in [-0.4, -0.2) is 32.1 Å². The van der Waals surface area contributed by atoms with Gasteiger partial charge in [-0.25, -0.2) is 4.39 Å². The highest BCUT2D eigenvalue weighted by Gasteiger charge is 2.11. The van der Waals surface area contributed by atoms with Crippen LogP contribution < -0.4 is 10.6 Å². The maximum Gasteiger partial charge on any atom is 0.253 e. The summed E-state index contributed by atoms with van der Waals surface area (Å²) in [5.74, 6) is -1.02. The molecule has 2 aromatic carbocycles. The number of hydrogen-bond acceptors (Lipinski definition) is 3. The summed E-state index contributed by atoms with van der Waals surface area (Å²) in [6.45, 7) is 0.781. The van der Waals surface area contributed by atoms with Gasteiger partial charge in [-0.15, -0.1) is 0 Å². The Hall–Kier alpha value is -2.99. The van der Waals surface area contributed by atoms with Crippen LogP contribution in [-0.2, 0) is 9.53 Å². The third-order valence-corrected chi connectivity index (χ3v) is 3.32. The van der Waals surface area contributed by atoms with E-state index in [0.717, 1.165) is 0 Å². The van der Waals surface area contributed by atoms with Gasteiger partial charge in [-0.2, -0.15) is 0 Å². The highest BCUT2D eigenvalue weighted by molar-refractivity contribution is 6.07. The van der Waals surface area contributed by atoms with Crippen molar-refractivity contribution in [1.82, 2.24) is 5.32 Å². The van der Waals surface area contributed by atoms with E-state index in [4.69, 9.17) is 4.74 Å². The Morgan fingerprint density at radius 1 is 1.12 bits per heavy atom. The number of amides is 2. The van der Waals surface area contributed by atoms with Crippen molar-refractivity contribution < 1.29 is 18.7 Å². The Morgan fingerprint density at radius 3 is 2.56 bits per heavy atom. The number of carbonyl (C=O) groups excluding carboxylic acids is 2. The molecule has 0 bridgehead atoms. The lowest BCUT2D eigenvalue weighted by Gasteiger charge is -2.10. The summed E-state index contributed by atoms with van der Waals surface area (Å²) in [5, 5.41) is 5.38. The lowest BCUT2D eigenvalue weighted by molar-refractivity contribution is -0.111. The fraction of sp³-hybridized carbons (Fsp3) is 0.158. The Labute approximate surface area is 145 Å². The summed E-state index contributed by atoms with van der Waals surface area (Å²) in [7, 11) is 1.55. The number of para-hydroxylation sites is 1. The molecular formula is C19H19FN2O3. The molecule has 5 nitrogen and oxygen atoms in total. The number of benzene rings is 2. The fourth-order valence-corrected chi connectivity index (χ4v) is 2.07. The standard InChI is InChI=1S/C19H19FN2O3/c1-25-13-12-21-19(24)16-4-2-3-5-17(16)22-18(23)11-8-14-6-9-15(20)10-7-14/h2-11H,12-13H2,1H3,(H,21,24)(H,22,23)/b11-8+. The van der Waals surface area contributed by atoms with Gasteiger partial charge < -0.3 is 15.4 Å². The highest BCUT2D eigenvalue weighted by atomic mass is 19.1. The molecule has 2 amide bonds. The predicted octanol–water partition coefficient (Wildman–Crippen LogP) is 2.85. The normalized spacial score (nSPS) is 10.6. The molecule has 0 unspecified atom stereocenters. The molecule has 0 fully saturated rings. The zero-order valence-corrected chi connectivity index (χ0v) is 13.8. The third-order valence-electron chi connectivity index (χ3n) is 3.32. The van der Waals surface area contributed by atoms with Crippen molar-refractivity contribution in [2.45, 2.75) is 0 Å². The van der Waals surface area contributed by atoms with Gasteiger partial charge in [0.2, 0.25) is 5.91 Å². The van der Waals surface area contributed by atoms with Crippen molar-refractivity contribution in [2.24, 2.45) is 0 Å². The number of anilines is 1. The molecule has 0 saturated heterocycles. The minimum Gasteiger partial charge on any atom is -0.383 e. The van der Waals surface area contributed by atoms with E-state index in [1.807, 2.05) is 0 Å². The molecule has 0 radical (unpaired) electrons. The Balaban J connectivity index is 2.02. The zero-order chi connectivity index (χ0) is 18.1. The molecule has 0 spiro atoms. The monoisotopic (exact) mass is 342 g/mol. The van der Waals surface area contributed by atoms with Gasteiger partial charge in [0.1, 0.15) is 5.82 Å². The summed E-state index contributed by atoms with van der Waals surface area (Å²) in [5.41, 5.74) is 1.47. The van der Waals surface area contributed by atoms with Crippen molar-refractivity contribution in [1.29, 1.82) is 0 Å². The van der Waals surface area contributed by atoms with Crippen molar-refractivity contribution in [2.75, 3.05) is 25.6 Å². The molecule has 25 heavy (non-hydrogen) atoms. The molecule has 6 heteroatoms. The first-order valence-electron chi connectivity index (χ1n) is 7.71. The molecular weight excluding hydrogens is 323 g/mol. The quantitative estimate of drug-likeness (QED) is 0.601. The second-order valence-corrected chi connectivity index (χ2v) is 5.17. The van der Waals surface area contributed by atoms with Gasteiger partial charge in [0.25, 0.3) is 5.91 Å². The lowest BCUT2D eigenvalue weighted by atomic mass is 10.1. The topological polar surface area (TPSA) is 67.4 Å². The molecule has 0 aliphatic carbocycles.